The Bertz CT molecular complexity index is 800. The molecule has 0 fully saturated rings. The summed E-state index contributed by atoms with van der Waals surface area (Å²) < 4.78 is 11.3. The Kier molecular flexibility index (Phi) is 10.6. The molecule has 2 atom stereocenters. The molecule has 10 heteroatoms. The van der Waals surface area contributed by atoms with Crippen molar-refractivity contribution in [1.29, 1.82) is 0 Å². The number of amides is 4. The van der Waals surface area contributed by atoms with Crippen molar-refractivity contribution in [3.8, 4) is 0 Å². The van der Waals surface area contributed by atoms with Gasteiger partial charge in [-0.05, 0) is 36.5 Å². The number of hydrogen-bond acceptors (Lipinski definition) is 6. The molecule has 0 aliphatic carbocycles. The number of primary amides is 1. The largest absolute Gasteiger partial charge is 0.463 e. The highest BCUT2D eigenvalue weighted by molar-refractivity contribution is 5.96. The fraction of sp³-hybridized carbons (Fsp3) is 0.476. The molecular weight excluding hydrogens is 404 g/mol. The lowest BCUT2D eigenvalue weighted by Crippen LogP contribution is -2.42. The van der Waals surface area contributed by atoms with E-state index in [2.05, 4.69) is 20.7 Å². The number of nitrogens with two attached hydrogens (primary N) is 1. The maximum atomic E-state index is 12.9. The fourth-order valence-corrected chi connectivity index (χ4v) is 3.03. The van der Waals surface area contributed by atoms with Gasteiger partial charge in [0.05, 0.1) is 6.04 Å². The molecule has 0 radical (unpaired) electrons. The summed E-state index contributed by atoms with van der Waals surface area (Å²) in [6.07, 6.45) is 0.00227. The van der Waals surface area contributed by atoms with Crippen LogP contribution in [0.4, 0.5) is 10.5 Å². The molecule has 31 heavy (non-hydrogen) atoms. The van der Waals surface area contributed by atoms with Gasteiger partial charge in [0.2, 0.25) is 12.3 Å². The molecule has 0 saturated carbocycles. The lowest BCUT2D eigenvalue weighted by Gasteiger charge is -2.22. The van der Waals surface area contributed by atoms with Gasteiger partial charge in [-0.2, -0.15) is 0 Å². The van der Waals surface area contributed by atoms with E-state index in [1.807, 2.05) is 0 Å². The van der Waals surface area contributed by atoms with Gasteiger partial charge in [0.25, 0.3) is 6.45 Å². The van der Waals surface area contributed by atoms with Crippen molar-refractivity contribution in [1.82, 2.24) is 10.6 Å². The molecule has 4 amide bonds. The van der Waals surface area contributed by atoms with E-state index in [1.54, 1.807) is 38.1 Å². The molecule has 10 nitrogen and oxygen atoms in total. The number of nitrogens with one attached hydrogen (secondary N) is 3. The molecule has 1 rings (SSSR count). The minimum Gasteiger partial charge on any atom is -0.463 e. The number of Topliss-reactive ketones (excluding diaryl/α,β-unsaturated/α-hetero) is 1. The van der Waals surface area contributed by atoms with Crippen LogP contribution >= 0.6 is 0 Å². The highest BCUT2D eigenvalue weighted by atomic mass is 16.5. The van der Waals surface area contributed by atoms with Crippen LogP contribution in [0.5, 0.6) is 0 Å². The first kappa shape index (κ1) is 23.8. The zero-order chi connectivity index (χ0) is 24.1. The van der Waals surface area contributed by atoms with E-state index in [9.17, 15) is 24.0 Å². The number of benzene rings is 1. The highest BCUT2D eigenvalue weighted by Gasteiger charge is 2.28. The molecule has 0 bridgehead atoms. The second-order valence-electron chi connectivity index (χ2n) is 7.37. The summed E-state index contributed by atoms with van der Waals surface area (Å²) >= 11 is 0. The van der Waals surface area contributed by atoms with Crippen LogP contribution in [0, 0.1) is 11.8 Å². The lowest BCUT2D eigenvalue weighted by atomic mass is 9.89. The summed E-state index contributed by atoms with van der Waals surface area (Å²) in [4.78, 5) is 57.8. The lowest BCUT2D eigenvalue weighted by molar-refractivity contribution is -0.129. The van der Waals surface area contributed by atoms with Crippen LogP contribution in [-0.2, 0) is 30.5 Å². The van der Waals surface area contributed by atoms with Crippen molar-refractivity contribution in [3.05, 3.63) is 29.8 Å². The summed E-state index contributed by atoms with van der Waals surface area (Å²) in [6.45, 7) is 3.80. The SMILES string of the molecule is [2H]C(=O)OCc1ccc(NC(=O)C(CCCNC(N)=O)CC(=O)[C@@H](NC=O)C(C)C)cc1. The highest BCUT2D eigenvalue weighted by Crippen LogP contribution is 2.19. The van der Waals surface area contributed by atoms with E-state index >= 15 is 0 Å². The Morgan fingerprint density at radius 1 is 1.19 bits per heavy atom. The monoisotopic (exact) mass is 435 g/mol. The molecule has 0 aliphatic heterocycles. The van der Waals surface area contributed by atoms with Gasteiger partial charge in [-0.1, -0.05) is 26.0 Å². The Morgan fingerprint density at radius 3 is 2.42 bits per heavy atom. The first-order valence-corrected chi connectivity index (χ1v) is 9.92. The van der Waals surface area contributed by atoms with Crippen molar-refractivity contribution in [3.63, 3.8) is 0 Å². The van der Waals surface area contributed by atoms with Gasteiger partial charge >= 0.3 is 6.03 Å². The fourth-order valence-electron chi connectivity index (χ4n) is 3.03. The van der Waals surface area contributed by atoms with Gasteiger partial charge < -0.3 is 26.4 Å². The Balaban J connectivity index is 2.83. The summed E-state index contributed by atoms with van der Waals surface area (Å²) in [5, 5.41) is 7.70. The smallest absolute Gasteiger partial charge is 0.312 e. The normalized spacial score (nSPS) is 12.8. The van der Waals surface area contributed by atoms with Crippen LogP contribution in [0.15, 0.2) is 24.3 Å². The average Bonchev–Trinajstić information content (AvgIpc) is 2.72. The van der Waals surface area contributed by atoms with Crippen LogP contribution in [-0.4, -0.2) is 43.2 Å². The Hall–Kier alpha value is -3.43. The minimum atomic E-state index is -1.13. The maximum Gasteiger partial charge on any atom is 0.312 e. The number of hydrogen-bond donors (Lipinski definition) is 4. The van der Waals surface area contributed by atoms with E-state index in [-0.39, 0.29) is 37.2 Å². The van der Waals surface area contributed by atoms with Crippen LogP contribution < -0.4 is 21.7 Å². The van der Waals surface area contributed by atoms with Crippen LogP contribution in [0.1, 0.15) is 40.0 Å². The molecule has 0 heterocycles. The zero-order valence-corrected chi connectivity index (χ0v) is 17.7. The topological polar surface area (TPSA) is 157 Å². The van der Waals surface area contributed by atoms with Crippen molar-refractivity contribution in [2.45, 2.75) is 45.8 Å². The predicted molar refractivity (Wildman–Crippen MR) is 114 cm³/mol. The number of urea groups is 1. The number of carbonyl (C=O) groups excluding carboxylic acids is 5. The summed E-state index contributed by atoms with van der Waals surface area (Å²) in [7, 11) is 0. The number of rotatable bonds is 14. The molecule has 1 aromatic rings. The first-order chi connectivity index (χ1) is 15.1. The Labute approximate surface area is 182 Å². The molecule has 0 aromatic heterocycles. The van der Waals surface area contributed by atoms with Crippen molar-refractivity contribution < 1.29 is 30.1 Å². The minimum absolute atomic E-state index is 0.0547. The van der Waals surface area contributed by atoms with Gasteiger partial charge in [0.15, 0.2) is 7.15 Å². The second kappa shape index (κ2) is 13.7. The van der Waals surface area contributed by atoms with Gasteiger partial charge in [-0.15, -0.1) is 0 Å². The summed E-state index contributed by atoms with van der Waals surface area (Å²) in [5.74, 6) is -1.46. The summed E-state index contributed by atoms with van der Waals surface area (Å²) in [6, 6.07) is 5.13. The van der Waals surface area contributed by atoms with E-state index < -0.39 is 24.4 Å². The van der Waals surface area contributed by atoms with E-state index in [4.69, 9.17) is 7.10 Å². The van der Waals surface area contributed by atoms with Crippen LogP contribution in [0.25, 0.3) is 0 Å². The zero-order valence-electron chi connectivity index (χ0n) is 18.7. The number of anilines is 1. The van der Waals surface area contributed by atoms with E-state index in [1.165, 1.54) is 0 Å². The predicted octanol–water partition coefficient (Wildman–Crippen LogP) is 1.09. The number of ketones is 1. The molecule has 1 aromatic carbocycles. The molecule has 0 saturated heterocycles. The molecule has 170 valence electrons. The van der Waals surface area contributed by atoms with E-state index in [0.29, 0.717) is 30.5 Å². The van der Waals surface area contributed by atoms with Gasteiger partial charge in [0.1, 0.15) is 6.61 Å². The van der Waals surface area contributed by atoms with Crippen molar-refractivity contribution in [2.24, 2.45) is 17.6 Å². The third-order valence-corrected chi connectivity index (χ3v) is 4.63. The molecule has 0 spiro atoms. The number of ether oxygens (including phenoxy) is 1. The quantitative estimate of drug-likeness (QED) is 0.253. The standard InChI is InChI=1S/C21H30N4O6/c1-14(2)19(24-12-26)18(28)10-16(4-3-9-23-21(22)30)20(29)25-17-7-5-15(6-8-17)11-31-13-27/h5-8,12-14,16,19H,3-4,9-11H2,1-2H3,(H,24,26)(H,25,29)(H3,22,23,30)/t16?,19-/m0/s1/i13D. The Morgan fingerprint density at radius 2 is 1.87 bits per heavy atom. The molecule has 1 unspecified atom stereocenters. The average molecular weight is 435 g/mol. The second-order valence-corrected chi connectivity index (χ2v) is 7.37. The third kappa shape index (κ3) is 9.75. The number of carbonyl (C=O) groups is 5. The van der Waals surface area contributed by atoms with Crippen LogP contribution in [0.2, 0.25) is 0 Å². The maximum absolute atomic E-state index is 12.9. The van der Waals surface area contributed by atoms with E-state index in [0.717, 1.165) is 0 Å². The van der Waals surface area contributed by atoms with Gasteiger partial charge in [-0.25, -0.2) is 4.79 Å². The van der Waals surface area contributed by atoms with Gasteiger partial charge in [-0.3, -0.25) is 19.2 Å². The molecule has 5 N–H and O–H groups in total. The first-order valence-electron chi connectivity index (χ1n) is 10.4. The van der Waals surface area contributed by atoms with Crippen LogP contribution in [0.3, 0.4) is 0 Å². The van der Waals surface area contributed by atoms with Gasteiger partial charge in [0, 0.05) is 24.6 Å². The third-order valence-electron chi connectivity index (χ3n) is 4.63. The molecular formula is C21H30N4O6. The molecule has 0 aliphatic rings. The van der Waals surface area contributed by atoms with Crippen molar-refractivity contribution >= 4 is 36.3 Å². The summed E-state index contributed by atoms with van der Waals surface area (Å²) in [5.41, 5.74) is 6.17. The van der Waals surface area contributed by atoms with Crippen molar-refractivity contribution in [2.75, 3.05) is 11.9 Å².